The van der Waals surface area contributed by atoms with Gasteiger partial charge in [0, 0.05) is 31.3 Å². The molecule has 1 heterocycles. The molecule has 0 radical (unpaired) electrons. The van der Waals surface area contributed by atoms with Gasteiger partial charge in [-0.05, 0) is 31.2 Å². The molecule has 0 fully saturated rings. The van der Waals surface area contributed by atoms with E-state index in [9.17, 15) is 9.59 Å². The number of fused-ring (bicyclic) bond motifs is 1. The van der Waals surface area contributed by atoms with Crippen molar-refractivity contribution in [1.82, 2.24) is 0 Å². The molecule has 7 nitrogen and oxygen atoms in total. The Kier molecular flexibility index (Phi) is 5.73. The maximum Gasteiger partial charge on any atom is 0.246 e. The van der Waals surface area contributed by atoms with E-state index in [1.54, 1.807) is 19.1 Å². The van der Waals surface area contributed by atoms with Gasteiger partial charge in [-0.1, -0.05) is 12.1 Å². The number of likely N-dealkylation sites (N-methyl/N-ethyl adjacent to an activating group) is 1. The van der Waals surface area contributed by atoms with Crippen molar-refractivity contribution >= 4 is 28.9 Å². The van der Waals surface area contributed by atoms with Gasteiger partial charge in [-0.3, -0.25) is 9.59 Å². The lowest BCUT2D eigenvalue weighted by Crippen LogP contribution is -2.44. The van der Waals surface area contributed by atoms with Crippen LogP contribution in [0.5, 0.6) is 11.5 Å². The molecule has 148 valence electrons. The van der Waals surface area contributed by atoms with Crippen LogP contribution in [0.15, 0.2) is 42.5 Å². The smallest absolute Gasteiger partial charge is 0.246 e. The van der Waals surface area contributed by atoms with Crippen molar-refractivity contribution in [3.05, 3.63) is 42.5 Å². The largest absolute Gasteiger partial charge is 0.493 e. The number of para-hydroxylation sites is 2. The molecular formula is C21H25N3O4. The highest BCUT2D eigenvalue weighted by atomic mass is 16.5. The third kappa shape index (κ3) is 3.88. The summed E-state index contributed by atoms with van der Waals surface area (Å²) in [4.78, 5) is 28.8. The minimum atomic E-state index is -0.241. The third-order valence-electron chi connectivity index (χ3n) is 4.81. The fraction of sp³-hybridized carbons (Fsp3) is 0.333. The number of amides is 2. The van der Waals surface area contributed by atoms with Crippen molar-refractivity contribution in [2.45, 2.75) is 19.4 Å². The summed E-state index contributed by atoms with van der Waals surface area (Å²) in [6.07, 6.45) is 0.250. The lowest BCUT2D eigenvalue weighted by molar-refractivity contribution is -0.118. The first-order valence-corrected chi connectivity index (χ1v) is 9.08. The number of nitrogens with zero attached hydrogens (tertiary/aromatic N) is 2. The molecule has 28 heavy (non-hydrogen) atoms. The lowest BCUT2D eigenvalue weighted by atomic mass is 10.1. The molecule has 1 N–H and O–H groups in total. The summed E-state index contributed by atoms with van der Waals surface area (Å²) < 4.78 is 10.6. The summed E-state index contributed by atoms with van der Waals surface area (Å²) >= 11 is 0. The second kappa shape index (κ2) is 8.21. The summed E-state index contributed by atoms with van der Waals surface area (Å²) in [5, 5.41) is 2.87. The van der Waals surface area contributed by atoms with Crippen molar-refractivity contribution in [2.75, 3.05) is 42.9 Å². The van der Waals surface area contributed by atoms with Crippen LogP contribution < -0.4 is 24.6 Å². The van der Waals surface area contributed by atoms with E-state index in [2.05, 4.69) is 5.32 Å². The van der Waals surface area contributed by atoms with E-state index in [0.717, 1.165) is 5.69 Å². The number of carbonyl (C=O) groups is 2. The van der Waals surface area contributed by atoms with Gasteiger partial charge in [-0.2, -0.15) is 0 Å². The fourth-order valence-corrected chi connectivity index (χ4v) is 3.40. The Hall–Kier alpha value is -3.22. The quantitative estimate of drug-likeness (QED) is 0.860. The first kappa shape index (κ1) is 19.5. The third-order valence-corrected chi connectivity index (χ3v) is 4.81. The molecule has 0 aliphatic carbocycles. The highest BCUT2D eigenvalue weighted by Crippen LogP contribution is 2.33. The highest BCUT2D eigenvalue weighted by molar-refractivity contribution is 6.05. The maximum absolute atomic E-state index is 13.2. The number of ether oxygens (including phenoxy) is 2. The highest BCUT2D eigenvalue weighted by Gasteiger charge is 2.30. The number of anilines is 3. The number of carbonyl (C=O) groups excluding carboxylic acids is 2. The van der Waals surface area contributed by atoms with Crippen LogP contribution in [-0.4, -0.2) is 45.7 Å². The maximum atomic E-state index is 13.2. The molecule has 1 atom stereocenters. The second-order valence-corrected chi connectivity index (χ2v) is 6.78. The van der Waals surface area contributed by atoms with Gasteiger partial charge in [0.2, 0.25) is 11.8 Å². The van der Waals surface area contributed by atoms with Crippen LogP contribution in [0.25, 0.3) is 0 Å². The summed E-state index contributed by atoms with van der Waals surface area (Å²) in [7, 11) is 5.00. The Morgan fingerprint density at radius 3 is 2.61 bits per heavy atom. The summed E-state index contributed by atoms with van der Waals surface area (Å²) in [5.41, 5.74) is 2.20. The van der Waals surface area contributed by atoms with E-state index in [-0.39, 0.29) is 30.8 Å². The Bertz CT molecular complexity index is 884. The first-order chi connectivity index (χ1) is 13.4. The van der Waals surface area contributed by atoms with Gasteiger partial charge in [0.1, 0.15) is 0 Å². The van der Waals surface area contributed by atoms with E-state index in [0.29, 0.717) is 22.9 Å². The van der Waals surface area contributed by atoms with Gasteiger partial charge in [-0.15, -0.1) is 0 Å². The van der Waals surface area contributed by atoms with Crippen LogP contribution >= 0.6 is 0 Å². The van der Waals surface area contributed by atoms with E-state index in [4.69, 9.17) is 9.47 Å². The van der Waals surface area contributed by atoms with E-state index < -0.39 is 0 Å². The average Bonchev–Trinajstić information content (AvgIpc) is 2.81. The Balaban J connectivity index is 1.85. The minimum absolute atomic E-state index is 0.0891. The van der Waals surface area contributed by atoms with E-state index in [1.807, 2.05) is 61.3 Å². The molecule has 0 saturated carbocycles. The second-order valence-electron chi connectivity index (χ2n) is 6.78. The van der Waals surface area contributed by atoms with Gasteiger partial charge in [0.05, 0.1) is 32.1 Å². The van der Waals surface area contributed by atoms with Crippen molar-refractivity contribution < 1.29 is 19.1 Å². The molecule has 0 spiro atoms. The summed E-state index contributed by atoms with van der Waals surface area (Å²) in [6.45, 7) is 2.04. The Morgan fingerprint density at radius 2 is 1.89 bits per heavy atom. The number of methoxy groups -OCH3 is 2. The van der Waals surface area contributed by atoms with Crippen LogP contribution in [0.2, 0.25) is 0 Å². The zero-order valence-corrected chi connectivity index (χ0v) is 16.6. The topological polar surface area (TPSA) is 71.1 Å². The molecule has 0 aromatic heterocycles. The molecule has 1 aliphatic heterocycles. The first-order valence-electron chi connectivity index (χ1n) is 9.08. The van der Waals surface area contributed by atoms with Crippen LogP contribution in [0.1, 0.15) is 13.3 Å². The summed E-state index contributed by atoms with van der Waals surface area (Å²) in [5.74, 6) is 1.05. The standard InChI is InChI=1S/C21H25N3O4/c1-14-11-20(25)22-16-7-5-6-8-17(16)24(14)21(26)13-23(2)15-9-10-18(27-3)19(12-15)28-4/h5-10,12,14H,11,13H2,1-4H3,(H,22,25). The molecule has 2 aromatic rings. The van der Waals surface area contributed by atoms with Crippen LogP contribution in [-0.2, 0) is 9.59 Å². The number of hydrogen-bond acceptors (Lipinski definition) is 5. The van der Waals surface area contributed by atoms with Crippen molar-refractivity contribution in [1.29, 1.82) is 0 Å². The van der Waals surface area contributed by atoms with Crippen molar-refractivity contribution in [3.63, 3.8) is 0 Å². The van der Waals surface area contributed by atoms with Crippen molar-refractivity contribution in [2.24, 2.45) is 0 Å². The molecule has 1 unspecified atom stereocenters. The molecule has 0 saturated heterocycles. The number of benzene rings is 2. The van der Waals surface area contributed by atoms with Crippen LogP contribution in [0.4, 0.5) is 17.1 Å². The molecule has 2 amide bonds. The Labute approximate surface area is 164 Å². The van der Waals surface area contributed by atoms with Gasteiger partial charge in [-0.25, -0.2) is 0 Å². The average molecular weight is 383 g/mol. The minimum Gasteiger partial charge on any atom is -0.493 e. The molecule has 3 rings (SSSR count). The van der Waals surface area contributed by atoms with Crippen LogP contribution in [0.3, 0.4) is 0 Å². The number of rotatable bonds is 5. The molecule has 2 aromatic carbocycles. The summed E-state index contributed by atoms with van der Waals surface area (Å²) in [6, 6.07) is 12.6. The van der Waals surface area contributed by atoms with Gasteiger partial charge in [0.25, 0.3) is 0 Å². The van der Waals surface area contributed by atoms with E-state index >= 15 is 0 Å². The Morgan fingerprint density at radius 1 is 1.18 bits per heavy atom. The van der Waals surface area contributed by atoms with E-state index in [1.165, 1.54) is 0 Å². The molecule has 0 bridgehead atoms. The molecule has 1 aliphatic rings. The predicted octanol–water partition coefficient (Wildman–Crippen LogP) is 2.90. The van der Waals surface area contributed by atoms with Crippen LogP contribution in [0, 0.1) is 0 Å². The monoisotopic (exact) mass is 383 g/mol. The fourth-order valence-electron chi connectivity index (χ4n) is 3.40. The zero-order chi connectivity index (χ0) is 20.3. The molecular weight excluding hydrogens is 358 g/mol. The van der Waals surface area contributed by atoms with Crippen molar-refractivity contribution in [3.8, 4) is 11.5 Å². The number of hydrogen-bond donors (Lipinski definition) is 1. The molecule has 7 heteroatoms. The number of nitrogens with one attached hydrogen (secondary N) is 1. The normalized spacial score (nSPS) is 15.9. The zero-order valence-electron chi connectivity index (χ0n) is 16.6. The van der Waals surface area contributed by atoms with Gasteiger partial charge < -0.3 is 24.6 Å². The van der Waals surface area contributed by atoms with Gasteiger partial charge in [0.15, 0.2) is 11.5 Å². The SMILES string of the molecule is COc1ccc(N(C)CC(=O)N2c3ccccc3NC(=O)CC2C)cc1OC. The predicted molar refractivity (Wildman–Crippen MR) is 109 cm³/mol. The van der Waals surface area contributed by atoms with Gasteiger partial charge >= 0.3 is 0 Å². The lowest BCUT2D eigenvalue weighted by Gasteiger charge is -2.30.